The third-order valence-corrected chi connectivity index (χ3v) is 10.2. The van der Waals surface area contributed by atoms with E-state index in [0.717, 1.165) is 62.3 Å². The number of hydrogen-bond donors (Lipinski definition) is 0. The summed E-state index contributed by atoms with van der Waals surface area (Å²) in [4.78, 5) is 31.5. The summed E-state index contributed by atoms with van der Waals surface area (Å²) in [7, 11) is 0. The molecular formula is C41H38O4S2. The fraction of sp³-hybridized carbons (Fsp3) is 0.220. The van der Waals surface area contributed by atoms with Gasteiger partial charge in [-0.15, -0.1) is 0 Å². The number of ketones is 2. The Labute approximate surface area is 285 Å². The first-order valence-corrected chi connectivity index (χ1v) is 17.9. The van der Waals surface area contributed by atoms with Gasteiger partial charge in [0.25, 0.3) is 0 Å². The van der Waals surface area contributed by atoms with Crippen LogP contribution in [0.3, 0.4) is 0 Å². The molecule has 0 unspecified atom stereocenters. The lowest BCUT2D eigenvalue weighted by molar-refractivity contribution is 0.0974. The van der Waals surface area contributed by atoms with Gasteiger partial charge in [0, 0.05) is 48.4 Å². The van der Waals surface area contributed by atoms with Crippen molar-refractivity contribution in [3.63, 3.8) is 0 Å². The second-order valence-corrected chi connectivity index (χ2v) is 13.8. The summed E-state index contributed by atoms with van der Waals surface area (Å²) in [6.07, 6.45) is 4.41. The van der Waals surface area contributed by atoms with Crippen LogP contribution >= 0.6 is 23.5 Å². The highest BCUT2D eigenvalue weighted by Gasteiger charge is 2.33. The van der Waals surface area contributed by atoms with Crippen molar-refractivity contribution in [2.45, 2.75) is 72.3 Å². The normalized spacial score (nSPS) is 12.1. The zero-order valence-corrected chi connectivity index (χ0v) is 28.4. The van der Waals surface area contributed by atoms with Crippen LogP contribution in [0.5, 0.6) is 5.75 Å². The number of carbonyl (C=O) groups is 2. The van der Waals surface area contributed by atoms with E-state index in [1.165, 1.54) is 35.5 Å². The summed E-state index contributed by atoms with van der Waals surface area (Å²) in [6.45, 7) is 6.16. The van der Waals surface area contributed by atoms with Crippen LogP contribution in [0.2, 0.25) is 0 Å². The minimum absolute atomic E-state index is 0.106. The number of unbranched alkanes of at least 4 members (excludes halogenated alkanes) is 1. The summed E-state index contributed by atoms with van der Waals surface area (Å²) in [5, 5.41) is 0. The van der Waals surface area contributed by atoms with Gasteiger partial charge in [0.05, 0.1) is 6.61 Å². The third-order valence-electron chi connectivity index (χ3n) is 8.06. The molecule has 1 aliphatic carbocycles. The van der Waals surface area contributed by atoms with Crippen molar-refractivity contribution >= 4 is 35.1 Å². The molecule has 6 heteroatoms. The summed E-state index contributed by atoms with van der Waals surface area (Å²) in [5.41, 5.74) is 5.44. The Bertz CT molecular complexity index is 1850. The van der Waals surface area contributed by atoms with E-state index in [2.05, 4.69) is 62.4 Å². The van der Waals surface area contributed by atoms with Crippen molar-refractivity contribution in [2.24, 2.45) is 0 Å². The molecule has 0 heterocycles. The lowest BCUT2D eigenvalue weighted by Crippen LogP contribution is -2.22. The maximum Gasteiger partial charge on any atom is 0.195 e. The van der Waals surface area contributed by atoms with Gasteiger partial charge in [-0.25, -0.2) is 0 Å². The molecule has 5 aromatic rings. The number of carbonyl (C=O) groups excluding carboxylic acids is 2. The lowest BCUT2D eigenvalue weighted by Gasteiger charge is -2.22. The van der Waals surface area contributed by atoms with Gasteiger partial charge >= 0.3 is 0 Å². The molecule has 1 aliphatic rings. The molecule has 0 spiro atoms. The molecule has 0 amide bonds. The van der Waals surface area contributed by atoms with Crippen LogP contribution in [0.25, 0.3) is 0 Å². The Kier molecular flexibility index (Phi) is 10.9. The van der Waals surface area contributed by atoms with Gasteiger partial charge < -0.3 is 9.47 Å². The molecule has 0 atom stereocenters. The van der Waals surface area contributed by atoms with Crippen molar-refractivity contribution in [3.8, 4) is 5.75 Å². The first-order chi connectivity index (χ1) is 23.0. The molecule has 5 aromatic carbocycles. The van der Waals surface area contributed by atoms with Crippen molar-refractivity contribution < 1.29 is 19.1 Å². The minimum Gasteiger partial charge on any atom is -0.489 e. The molecule has 6 rings (SSSR count). The largest absolute Gasteiger partial charge is 0.489 e. The average Bonchev–Trinajstić information content (AvgIpc) is 3.10. The summed E-state index contributed by atoms with van der Waals surface area (Å²) in [6, 6.07) is 35.8. The van der Waals surface area contributed by atoms with Crippen molar-refractivity contribution in [1.29, 1.82) is 0 Å². The van der Waals surface area contributed by atoms with Crippen molar-refractivity contribution in [2.75, 3.05) is 6.61 Å². The predicted octanol–water partition coefficient (Wildman–Crippen LogP) is 10.6. The number of rotatable bonds is 14. The highest BCUT2D eigenvalue weighted by Crippen LogP contribution is 2.41. The monoisotopic (exact) mass is 658 g/mol. The lowest BCUT2D eigenvalue weighted by atomic mass is 9.84. The van der Waals surface area contributed by atoms with Crippen LogP contribution in [0.1, 0.15) is 81.6 Å². The molecule has 0 bridgehead atoms. The van der Waals surface area contributed by atoms with Gasteiger partial charge in [-0.3, -0.25) is 9.59 Å². The molecule has 4 nitrogen and oxygen atoms in total. The molecular weight excluding hydrogens is 621 g/mol. The van der Waals surface area contributed by atoms with Crippen LogP contribution in [0, 0.1) is 0 Å². The minimum atomic E-state index is -0.113. The Morgan fingerprint density at radius 2 is 1.06 bits per heavy atom. The van der Waals surface area contributed by atoms with E-state index in [1.807, 2.05) is 48.5 Å². The van der Waals surface area contributed by atoms with E-state index in [-0.39, 0.29) is 11.6 Å². The number of fused-ring (bicyclic) bond motifs is 2. The van der Waals surface area contributed by atoms with Gasteiger partial charge in [-0.1, -0.05) is 104 Å². The van der Waals surface area contributed by atoms with Crippen LogP contribution in [-0.2, 0) is 24.4 Å². The first kappa shape index (κ1) is 32.8. The van der Waals surface area contributed by atoms with Gasteiger partial charge in [0.1, 0.15) is 12.4 Å². The number of aryl methyl sites for hydroxylation is 1. The van der Waals surface area contributed by atoms with Crippen molar-refractivity contribution in [3.05, 3.63) is 148 Å². The van der Waals surface area contributed by atoms with Gasteiger partial charge in [-0.2, -0.15) is 0 Å². The zero-order valence-electron chi connectivity index (χ0n) is 26.8. The molecule has 0 aliphatic heterocycles. The Morgan fingerprint density at radius 1 is 0.553 bits per heavy atom. The van der Waals surface area contributed by atoms with E-state index in [1.54, 1.807) is 12.1 Å². The molecule has 47 heavy (non-hydrogen) atoms. The molecule has 0 saturated heterocycles. The molecule has 0 aromatic heterocycles. The maximum atomic E-state index is 14.0. The third kappa shape index (κ3) is 7.90. The topological polar surface area (TPSA) is 52.6 Å². The number of hydrogen-bond acceptors (Lipinski definition) is 6. The second kappa shape index (κ2) is 15.7. The quantitative estimate of drug-likeness (QED) is 0.109. The summed E-state index contributed by atoms with van der Waals surface area (Å²) in [5.74, 6) is 0.545. The first-order valence-electron chi connectivity index (χ1n) is 16.2. The van der Waals surface area contributed by atoms with Gasteiger partial charge in [-0.05, 0) is 84.5 Å². The standard InChI is InChI=1S/C41H38O4S2/c1-3-5-8-28-17-21-32(22-18-28)46-36-11-6-9-34-38(36)40(42)35-10-7-12-37(39(35)41(34)43)47-33-23-19-31(20-24-33)45-27-30-15-13-29(14-16-30)26-44-25-4-2/h6-7,9-24H,3-5,8,25-27H2,1-2H3. The molecule has 0 fully saturated rings. The average molecular weight is 659 g/mol. The molecule has 0 radical (unpaired) electrons. The highest BCUT2D eigenvalue weighted by atomic mass is 32.2. The SMILES string of the molecule is CCCCc1ccc(Sc2cccc3c2C(=O)c2cccc(Sc4ccc(OCc5ccc(COCCC)cc5)cc4)c2C3=O)cc1. The Hall–Kier alpha value is -4.10. The fourth-order valence-electron chi connectivity index (χ4n) is 5.54. The second-order valence-electron chi connectivity index (χ2n) is 11.6. The van der Waals surface area contributed by atoms with Crippen LogP contribution in [-0.4, -0.2) is 18.2 Å². The predicted molar refractivity (Wildman–Crippen MR) is 190 cm³/mol. The fourth-order valence-corrected chi connectivity index (χ4v) is 7.50. The smallest absolute Gasteiger partial charge is 0.195 e. The Balaban J connectivity index is 1.14. The number of benzene rings is 5. The zero-order chi connectivity index (χ0) is 32.6. The van der Waals surface area contributed by atoms with E-state index in [4.69, 9.17) is 9.47 Å². The maximum absolute atomic E-state index is 14.0. The number of ether oxygens (including phenoxy) is 2. The van der Waals surface area contributed by atoms with E-state index in [0.29, 0.717) is 35.5 Å². The van der Waals surface area contributed by atoms with E-state index < -0.39 is 0 Å². The van der Waals surface area contributed by atoms with E-state index >= 15 is 0 Å². The highest BCUT2D eigenvalue weighted by molar-refractivity contribution is 7.99. The summed E-state index contributed by atoms with van der Waals surface area (Å²) >= 11 is 3.02. The van der Waals surface area contributed by atoms with Gasteiger partial charge in [0.15, 0.2) is 11.6 Å². The van der Waals surface area contributed by atoms with Crippen LogP contribution < -0.4 is 4.74 Å². The summed E-state index contributed by atoms with van der Waals surface area (Å²) < 4.78 is 11.6. The van der Waals surface area contributed by atoms with Crippen LogP contribution in [0.15, 0.2) is 129 Å². The molecule has 0 saturated carbocycles. The van der Waals surface area contributed by atoms with Crippen molar-refractivity contribution in [1.82, 2.24) is 0 Å². The van der Waals surface area contributed by atoms with Gasteiger partial charge in [0.2, 0.25) is 0 Å². The van der Waals surface area contributed by atoms with Crippen LogP contribution in [0.4, 0.5) is 0 Å². The molecule has 0 N–H and O–H groups in total. The van der Waals surface area contributed by atoms with E-state index in [9.17, 15) is 9.59 Å². The molecule has 238 valence electrons. The Morgan fingerprint density at radius 3 is 1.60 bits per heavy atom.